The maximum Gasteiger partial charge on any atom is 0.407 e. The smallest absolute Gasteiger partial charge is 0.407 e. The second-order valence-electron chi connectivity index (χ2n) is 4.02. The molecule has 1 aromatic carbocycles. The van der Waals surface area contributed by atoms with Crippen molar-refractivity contribution in [2.24, 2.45) is 0 Å². The van der Waals surface area contributed by atoms with E-state index in [4.69, 9.17) is 16.6 Å². The molecular formula is C11H15N3O2. The van der Waals surface area contributed by atoms with Crippen molar-refractivity contribution in [1.29, 1.82) is 0 Å². The molecule has 1 aromatic rings. The van der Waals surface area contributed by atoms with Gasteiger partial charge in [0.2, 0.25) is 0 Å². The first kappa shape index (κ1) is 10.6. The van der Waals surface area contributed by atoms with Crippen LogP contribution in [0.2, 0.25) is 0 Å². The Morgan fingerprint density at radius 1 is 1.12 bits per heavy atom. The predicted molar refractivity (Wildman–Crippen MR) is 62.3 cm³/mol. The van der Waals surface area contributed by atoms with Gasteiger partial charge in [-0.05, 0) is 36.1 Å². The molecule has 0 saturated heterocycles. The fourth-order valence-electron chi connectivity index (χ4n) is 2.01. The van der Waals surface area contributed by atoms with Gasteiger partial charge in [0.25, 0.3) is 0 Å². The molecule has 0 aromatic heterocycles. The molecule has 1 aliphatic heterocycles. The summed E-state index contributed by atoms with van der Waals surface area (Å²) in [6, 6.07) is 3.71. The normalized spacial score (nSPS) is 15.4. The van der Waals surface area contributed by atoms with Crippen LogP contribution < -0.4 is 11.5 Å². The molecule has 0 bridgehead atoms. The van der Waals surface area contributed by atoms with Gasteiger partial charge in [0.1, 0.15) is 0 Å². The fourth-order valence-corrected chi connectivity index (χ4v) is 2.01. The second kappa shape index (κ2) is 3.92. The summed E-state index contributed by atoms with van der Waals surface area (Å²) < 4.78 is 0. The minimum Gasteiger partial charge on any atom is -0.465 e. The number of nitrogens with zero attached hydrogens (tertiary/aromatic N) is 1. The Morgan fingerprint density at radius 3 is 1.94 bits per heavy atom. The summed E-state index contributed by atoms with van der Waals surface area (Å²) in [4.78, 5) is 12.3. The molecule has 1 heterocycles. The third-order valence-corrected chi connectivity index (χ3v) is 2.98. The van der Waals surface area contributed by atoms with Crippen molar-refractivity contribution in [1.82, 2.24) is 4.90 Å². The Kier molecular flexibility index (Phi) is 2.60. The lowest BCUT2D eigenvalue weighted by molar-refractivity contribution is 0.147. The van der Waals surface area contributed by atoms with E-state index in [9.17, 15) is 4.79 Å². The molecule has 5 heteroatoms. The maximum absolute atomic E-state index is 10.9. The van der Waals surface area contributed by atoms with E-state index in [0.717, 1.165) is 11.1 Å². The zero-order chi connectivity index (χ0) is 11.7. The molecule has 5 nitrogen and oxygen atoms in total. The summed E-state index contributed by atoms with van der Waals surface area (Å²) in [5, 5.41) is 8.93. The van der Waals surface area contributed by atoms with Crippen LogP contribution in [0.5, 0.6) is 0 Å². The van der Waals surface area contributed by atoms with Gasteiger partial charge in [0, 0.05) is 13.1 Å². The van der Waals surface area contributed by atoms with Gasteiger partial charge in [-0.15, -0.1) is 0 Å². The van der Waals surface area contributed by atoms with Crippen molar-refractivity contribution in [3.8, 4) is 0 Å². The molecule has 0 unspecified atom stereocenters. The predicted octanol–water partition coefficient (Wildman–Crippen LogP) is 0.930. The molecule has 0 atom stereocenters. The number of carbonyl (C=O) groups is 1. The van der Waals surface area contributed by atoms with Crippen LogP contribution in [0.1, 0.15) is 11.1 Å². The Morgan fingerprint density at radius 2 is 1.56 bits per heavy atom. The molecule has 2 rings (SSSR count). The summed E-state index contributed by atoms with van der Waals surface area (Å²) in [7, 11) is 0. The Balaban J connectivity index is 2.27. The van der Waals surface area contributed by atoms with Crippen LogP contribution in [0.15, 0.2) is 12.1 Å². The fraction of sp³-hybridized carbons (Fsp3) is 0.364. The molecule has 16 heavy (non-hydrogen) atoms. The highest BCUT2D eigenvalue weighted by molar-refractivity contribution is 5.67. The van der Waals surface area contributed by atoms with Gasteiger partial charge in [-0.3, -0.25) is 0 Å². The van der Waals surface area contributed by atoms with Crippen LogP contribution in [-0.2, 0) is 12.8 Å². The average molecular weight is 221 g/mol. The summed E-state index contributed by atoms with van der Waals surface area (Å²) in [6.45, 7) is 1.04. The average Bonchev–Trinajstić information content (AvgIpc) is 2.41. The Bertz CT molecular complexity index is 398. The van der Waals surface area contributed by atoms with Crippen LogP contribution in [0.25, 0.3) is 0 Å². The number of rotatable bonds is 0. The largest absolute Gasteiger partial charge is 0.465 e. The van der Waals surface area contributed by atoms with E-state index in [-0.39, 0.29) is 0 Å². The van der Waals surface area contributed by atoms with E-state index in [1.165, 1.54) is 4.90 Å². The molecule has 5 N–H and O–H groups in total. The molecule has 1 amide bonds. The van der Waals surface area contributed by atoms with Crippen molar-refractivity contribution < 1.29 is 9.90 Å². The highest BCUT2D eigenvalue weighted by Gasteiger charge is 2.18. The molecular weight excluding hydrogens is 206 g/mol. The Labute approximate surface area is 93.6 Å². The molecule has 0 spiro atoms. The second-order valence-corrected chi connectivity index (χ2v) is 4.02. The SMILES string of the molecule is Nc1cc2c(cc1N)CCN(C(=O)O)CC2. The van der Waals surface area contributed by atoms with E-state index < -0.39 is 6.09 Å². The number of nitrogens with two attached hydrogens (primary N) is 2. The number of hydrogen-bond donors (Lipinski definition) is 3. The summed E-state index contributed by atoms with van der Waals surface area (Å²) in [5.41, 5.74) is 14.8. The minimum absolute atomic E-state index is 0.520. The summed E-state index contributed by atoms with van der Waals surface area (Å²) in [6.07, 6.45) is 0.534. The number of carboxylic acid groups (broad SMARTS) is 1. The minimum atomic E-state index is -0.867. The highest BCUT2D eigenvalue weighted by atomic mass is 16.4. The van der Waals surface area contributed by atoms with Crippen molar-refractivity contribution >= 4 is 17.5 Å². The van der Waals surface area contributed by atoms with E-state index in [0.29, 0.717) is 37.3 Å². The van der Waals surface area contributed by atoms with Gasteiger partial charge < -0.3 is 21.5 Å². The maximum atomic E-state index is 10.9. The molecule has 0 aliphatic carbocycles. The number of amides is 1. The van der Waals surface area contributed by atoms with Crippen LogP contribution in [0.4, 0.5) is 16.2 Å². The van der Waals surface area contributed by atoms with E-state index in [2.05, 4.69) is 0 Å². The molecule has 0 saturated carbocycles. The summed E-state index contributed by atoms with van der Waals surface area (Å²) in [5.74, 6) is 0. The van der Waals surface area contributed by atoms with Gasteiger partial charge in [0.05, 0.1) is 11.4 Å². The van der Waals surface area contributed by atoms with Gasteiger partial charge in [-0.2, -0.15) is 0 Å². The zero-order valence-electron chi connectivity index (χ0n) is 8.94. The quantitative estimate of drug-likeness (QED) is 0.568. The van der Waals surface area contributed by atoms with E-state index >= 15 is 0 Å². The Hall–Kier alpha value is -1.91. The first-order valence-electron chi connectivity index (χ1n) is 5.22. The molecule has 1 aliphatic rings. The van der Waals surface area contributed by atoms with Crippen molar-refractivity contribution in [3.63, 3.8) is 0 Å². The number of hydrogen-bond acceptors (Lipinski definition) is 3. The van der Waals surface area contributed by atoms with Gasteiger partial charge in [0.15, 0.2) is 0 Å². The lowest BCUT2D eigenvalue weighted by Crippen LogP contribution is -2.31. The van der Waals surface area contributed by atoms with Crippen molar-refractivity contribution in [2.75, 3.05) is 24.6 Å². The number of anilines is 2. The highest BCUT2D eigenvalue weighted by Crippen LogP contribution is 2.24. The van der Waals surface area contributed by atoms with E-state index in [1.54, 1.807) is 0 Å². The monoisotopic (exact) mass is 221 g/mol. The first-order chi connectivity index (χ1) is 7.58. The lowest BCUT2D eigenvalue weighted by Gasteiger charge is -2.14. The first-order valence-corrected chi connectivity index (χ1v) is 5.22. The number of benzene rings is 1. The van der Waals surface area contributed by atoms with Gasteiger partial charge in [-0.1, -0.05) is 0 Å². The lowest BCUT2D eigenvalue weighted by atomic mass is 10.0. The third-order valence-electron chi connectivity index (χ3n) is 2.98. The van der Waals surface area contributed by atoms with Crippen LogP contribution in [0, 0.1) is 0 Å². The van der Waals surface area contributed by atoms with Crippen LogP contribution >= 0.6 is 0 Å². The van der Waals surface area contributed by atoms with Gasteiger partial charge >= 0.3 is 6.09 Å². The summed E-state index contributed by atoms with van der Waals surface area (Å²) >= 11 is 0. The number of fused-ring (bicyclic) bond motifs is 1. The topological polar surface area (TPSA) is 92.6 Å². The van der Waals surface area contributed by atoms with Crippen LogP contribution in [-0.4, -0.2) is 29.2 Å². The molecule has 86 valence electrons. The van der Waals surface area contributed by atoms with Crippen molar-refractivity contribution in [2.45, 2.75) is 12.8 Å². The third kappa shape index (κ3) is 1.88. The van der Waals surface area contributed by atoms with Crippen LogP contribution in [0.3, 0.4) is 0 Å². The number of nitrogen functional groups attached to an aromatic ring is 2. The van der Waals surface area contributed by atoms with Gasteiger partial charge in [-0.25, -0.2) is 4.79 Å². The molecule has 0 radical (unpaired) electrons. The zero-order valence-corrected chi connectivity index (χ0v) is 8.94. The standard InChI is InChI=1S/C11H15N3O2/c12-9-5-7-1-3-14(11(15)16)4-2-8(7)6-10(9)13/h5-6H,1-4,12-13H2,(H,15,16). The molecule has 0 fully saturated rings. The van der Waals surface area contributed by atoms with Crippen molar-refractivity contribution in [3.05, 3.63) is 23.3 Å². The van der Waals surface area contributed by atoms with E-state index in [1.807, 2.05) is 12.1 Å².